The van der Waals surface area contributed by atoms with Gasteiger partial charge in [0.2, 0.25) is 0 Å². The van der Waals surface area contributed by atoms with Gasteiger partial charge < -0.3 is 4.84 Å². The molecular weight excluding hydrogens is 190 g/mol. The van der Waals surface area contributed by atoms with Gasteiger partial charge in [-0.1, -0.05) is 30.3 Å². The number of hydrogen-bond acceptors (Lipinski definition) is 3. The van der Waals surface area contributed by atoms with Crippen molar-refractivity contribution in [3.63, 3.8) is 0 Å². The van der Waals surface area contributed by atoms with Crippen LogP contribution in [0.15, 0.2) is 36.4 Å². The first-order valence-corrected chi connectivity index (χ1v) is 4.81. The van der Waals surface area contributed by atoms with E-state index in [1.807, 2.05) is 36.4 Å². The highest BCUT2D eigenvalue weighted by molar-refractivity contribution is 5.99. The molecule has 0 aromatic heterocycles. The van der Waals surface area contributed by atoms with Crippen LogP contribution in [0, 0.1) is 0 Å². The van der Waals surface area contributed by atoms with E-state index in [0.29, 0.717) is 12.1 Å². The fraction of sp³-hybridized carbons (Fsp3) is 0.0833. The highest BCUT2D eigenvalue weighted by atomic mass is 16.7. The topological polar surface area (TPSA) is 38.3 Å². The summed E-state index contributed by atoms with van der Waals surface area (Å²) >= 11 is 0. The zero-order valence-corrected chi connectivity index (χ0v) is 7.99. The van der Waals surface area contributed by atoms with Gasteiger partial charge in [-0.05, 0) is 22.4 Å². The van der Waals surface area contributed by atoms with Gasteiger partial charge in [-0.25, -0.2) is 4.79 Å². The number of hydrogen-bond donors (Lipinski definition) is 1. The molecule has 0 bridgehead atoms. The molecule has 1 aliphatic rings. The fourth-order valence-corrected chi connectivity index (χ4v) is 1.95. The van der Waals surface area contributed by atoms with Crippen molar-refractivity contribution in [1.29, 1.82) is 0 Å². The molecule has 74 valence electrons. The third-order valence-electron chi connectivity index (χ3n) is 2.67. The van der Waals surface area contributed by atoms with E-state index in [9.17, 15) is 4.79 Å². The summed E-state index contributed by atoms with van der Waals surface area (Å²) in [6.45, 7) is 0.572. The molecule has 3 nitrogen and oxygen atoms in total. The predicted octanol–water partition coefficient (Wildman–Crippen LogP) is 2.01. The van der Waals surface area contributed by atoms with Gasteiger partial charge in [-0.15, -0.1) is 5.48 Å². The Morgan fingerprint density at radius 1 is 1.13 bits per heavy atom. The van der Waals surface area contributed by atoms with E-state index >= 15 is 0 Å². The minimum Gasteiger partial charge on any atom is -0.366 e. The average Bonchev–Trinajstić information content (AvgIpc) is 2.29. The number of benzene rings is 2. The van der Waals surface area contributed by atoms with E-state index in [-0.39, 0.29) is 5.97 Å². The molecule has 1 N–H and O–H groups in total. The number of hydroxylamine groups is 1. The standard InChI is InChI=1S/C12H9NO2/c14-12-10-6-5-8-3-1-2-4-9(8)11(10)7-13-15-12/h1-6,13H,7H2. The highest BCUT2D eigenvalue weighted by Crippen LogP contribution is 2.24. The third kappa shape index (κ3) is 1.21. The lowest BCUT2D eigenvalue weighted by molar-refractivity contribution is 0.0190. The maximum absolute atomic E-state index is 11.4. The van der Waals surface area contributed by atoms with E-state index in [1.54, 1.807) is 0 Å². The van der Waals surface area contributed by atoms with E-state index in [0.717, 1.165) is 16.3 Å². The van der Waals surface area contributed by atoms with Gasteiger partial charge in [0.05, 0.1) is 12.1 Å². The van der Waals surface area contributed by atoms with Crippen LogP contribution in [0.5, 0.6) is 0 Å². The van der Waals surface area contributed by atoms with Gasteiger partial charge in [-0.3, -0.25) is 0 Å². The van der Waals surface area contributed by atoms with Gasteiger partial charge in [0.15, 0.2) is 0 Å². The molecule has 3 rings (SSSR count). The molecule has 0 amide bonds. The molecule has 0 unspecified atom stereocenters. The van der Waals surface area contributed by atoms with Crippen molar-refractivity contribution in [2.75, 3.05) is 0 Å². The second-order valence-electron chi connectivity index (χ2n) is 3.52. The zero-order chi connectivity index (χ0) is 10.3. The van der Waals surface area contributed by atoms with Crippen LogP contribution in [-0.2, 0) is 11.4 Å². The Hall–Kier alpha value is -1.87. The summed E-state index contributed by atoms with van der Waals surface area (Å²) in [6, 6.07) is 11.8. The summed E-state index contributed by atoms with van der Waals surface area (Å²) in [7, 11) is 0. The van der Waals surface area contributed by atoms with Gasteiger partial charge in [0.1, 0.15) is 0 Å². The monoisotopic (exact) mass is 199 g/mol. The smallest absolute Gasteiger partial charge is 0.357 e. The molecule has 0 spiro atoms. The van der Waals surface area contributed by atoms with E-state index in [2.05, 4.69) is 5.48 Å². The molecule has 15 heavy (non-hydrogen) atoms. The van der Waals surface area contributed by atoms with E-state index in [1.165, 1.54) is 0 Å². The van der Waals surface area contributed by atoms with Crippen LogP contribution in [0.4, 0.5) is 0 Å². The molecule has 0 fully saturated rings. The Morgan fingerprint density at radius 3 is 2.93 bits per heavy atom. The largest absolute Gasteiger partial charge is 0.366 e. The summed E-state index contributed by atoms with van der Waals surface area (Å²) in [5.41, 5.74) is 4.31. The molecular formula is C12H9NO2. The lowest BCUT2D eigenvalue weighted by Gasteiger charge is -2.17. The summed E-state index contributed by atoms with van der Waals surface area (Å²) in [6.07, 6.45) is 0. The molecule has 0 saturated carbocycles. The lowest BCUT2D eigenvalue weighted by Crippen LogP contribution is -2.27. The van der Waals surface area contributed by atoms with Crippen molar-refractivity contribution < 1.29 is 9.63 Å². The number of carbonyl (C=O) groups excluding carboxylic acids is 1. The Labute approximate surface area is 86.6 Å². The number of fused-ring (bicyclic) bond motifs is 3. The lowest BCUT2D eigenvalue weighted by atomic mass is 9.98. The molecule has 0 aliphatic carbocycles. The van der Waals surface area contributed by atoms with Crippen LogP contribution < -0.4 is 5.48 Å². The normalized spacial score (nSPS) is 14.8. The molecule has 1 heterocycles. The molecule has 2 aromatic carbocycles. The van der Waals surface area contributed by atoms with Crippen molar-refractivity contribution in [3.05, 3.63) is 47.5 Å². The van der Waals surface area contributed by atoms with Gasteiger partial charge >= 0.3 is 5.97 Å². The van der Waals surface area contributed by atoms with E-state index < -0.39 is 0 Å². The van der Waals surface area contributed by atoms with Crippen LogP contribution in [0.3, 0.4) is 0 Å². The Kier molecular flexibility index (Phi) is 1.73. The average molecular weight is 199 g/mol. The molecule has 0 radical (unpaired) electrons. The summed E-state index contributed by atoms with van der Waals surface area (Å²) in [5, 5.41) is 2.26. The summed E-state index contributed by atoms with van der Waals surface area (Å²) in [4.78, 5) is 16.2. The minimum atomic E-state index is -0.304. The van der Waals surface area contributed by atoms with Crippen LogP contribution >= 0.6 is 0 Å². The van der Waals surface area contributed by atoms with Crippen molar-refractivity contribution >= 4 is 16.7 Å². The Balaban J connectivity index is 2.38. The second kappa shape index (κ2) is 3.07. The van der Waals surface area contributed by atoms with Crippen LogP contribution in [0.1, 0.15) is 15.9 Å². The highest BCUT2D eigenvalue weighted by Gasteiger charge is 2.19. The van der Waals surface area contributed by atoms with Gasteiger partial charge in [0, 0.05) is 0 Å². The first-order chi connectivity index (χ1) is 7.36. The number of nitrogens with one attached hydrogen (secondary N) is 1. The second-order valence-corrected chi connectivity index (χ2v) is 3.52. The molecule has 0 atom stereocenters. The van der Waals surface area contributed by atoms with Gasteiger partial charge in [-0.2, -0.15) is 0 Å². The maximum atomic E-state index is 11.4. The SMILES string of the molecule is O=C1ONCc2c1ccc1ccccc21. The third-order valence-corrected chi connectivity index (χ3v) is 2.67. The van der Waals surface area contributed by atoms with Crippen molar-refractivity contribution in [3.8, 4) is 0 Å². The van der Waals surface area contributed by atoms with Crippen molar-refractivity contribution in [1.82, 2.24) is 5.48 Å². The number of carbonyl (C=O) groups is 1. The molecule has 2 aromatic rings. The fourth-order valence-electron chi connectivity index (χ4n) is 1.95. The summed E-state index contributed by atoms with van der Waals surface area (Å²) in [5.74, 6) is -0.304. The van der Waals surface area contributed by atoms with Crippen molar-refractivity contribution in [2.24, 2.45) is 0 Å². The summed E-state index contributed by atoms with van der Waals surface area (Å²) < 4.78 is 0. The first-order valence-electron chi connectivity index (χ1n) is 4.81. The molecule has 0 saturated heterocycles. The van der Waals surface area contributed by atoms with E-state index in [4.69, 9.17) is 4.84 Å². The predicted molar refractivity (Wildman–Crippen MR) is 56.2 cm³/mol. The van der Waals surface area contributed by atoms with Crippen LogP contribution in [-0.4, -0.2) is 5.97 Å². The molecule has 3 heteroatoms. The van der Waals surface area contributed by atoms with Crippen LogP contribution in [0.2, 0.25) is 0 Å². The van der Waals surface area contributed by atoms with Gasteiger partial charge in [0.25, 0.3) is 0 Å². The minimum absolute atomic E-state index is 0.304. The number of rotatable bonds is 0. The molecule has 1 aliphatic heterocycles. The zero-order valence-electron chi connectivity index (χ0n) is 7.99. The van der Waals surface area contributed by atoms with Crippen LogP contribution in [0.25, 0.3) is 10.8 Å². The van der Waals surface area contributed by atoms with Crippen molar-refractivity contribution in [2.45, 2.75) is 6.54 Å². The first kappa shape index (κ1) is 8.44. The maximum Gasteiger partial charge on any atom is 0.357 e. The Bertz CT molecular complexity index is 548. The quantitative estimate of drug-likeness (QED) is 0.705. The Morgan fingerprint density at radius 2 is 2.00 bits per heavy atom.